The van der Waals surface area contributed by atoms with E-state index in [0.29, 0.717) is 37.7 Å². The van der Waals surface area contributed by atoms with Crippen LogP contribution in [0.4, 0.5) is 17.6 Å². The quantitative estimate of drug-likeness (QED) is 0.197. The minimum absolute atomic E-state index is 0.0284. The van der Waals surface area contributed by atoms with Crippen LogP contribution >= 0.6 is 0 Å². The van der Waals surface area contributed by atoms with Crippen LogP contribution in [-0.4, -0.2) is 23.0 Å². The number of hydrogen-bond acceptors (Lipinski definition) is 2. The molecule has 0 saturated heterocycles. The Morgan fingerprint density at radius 2 is 1.93 bits per heavy atom. The highest BCUT2D eigenvalue weighted by atomic mass is 19.4. The normalized spacial score (nSPS) is 20.5. The van der Waals surface area contributed by atoms with Crippen LogP contribution < -0.4 is 0 Å². The van der Waals surface area contributed by atoms with E-state index in [1.54, 1.807) is 6.08 Å². The monoisotopic (exact) mass is 402 g/mol. The number of ketones is 1. The van der Waals surface area contributed by atoms with E-state index >= 15 is 0 Å². The van der Waals surface area contributed by atoms with Gasteiger partial charge in [0.05, 0.1) is 6.42 Å². The SMILES string of the molecule is C[C@@H](C/C=C\CC(F)(F)F)C/C=C1/C(=O)C(F)=C[C@@H]1C/C=C\CCCC(=O)O. The number of allylic oxidation sites excluding steroid dienone is 8. The van der Waals surface area contributed by atoms with E-state index in [1.807, 2.05) is 19.1 Å². The molecule has 0 heterocycles. The van der Waals surface area contributed by atoms with Gasteiger partial charge in [0.15, 0.2) is 5.83 Å². The van der Waals surface area contributed by atoms with Gasteiger partial charge in [0.1, 0.15) is 0 Å². The number of hydrogen-bond donors (Lipinski definition) is 1. The second-order valence-corrected chi connectivity index (χ2v) is 6.97. The lowest BCUT2D eigenvalue weighted by molar-refractivity contribution is -0.137. The van der Waals surface area contributed by atoms with Crippen molar-refractivity contribution in [1.29, 1.82) is 0 Å². The average molecular weight is 402 g/mol. The maximum Gasteiger partial charge on any atom is 0.392 e. The molecule has 0 fully saturated rings. The van der Waals surface area contributed by atoms with E-state index in [2.05, 4.69) is 0 Å². The molecule has 0 radical (unpaired) electrons. The van der Waals surface area contributed by atoms with Gasteiger partial charge in [-0.1, -0.05) is 37.3 Å². The van der Waals surface area contributed by atoms with Crippen molar-refractivity contribution in [2.45, 2.75) is 58.0 Å². The minimum Gasteiger partial charge on any atom is -0.481 e. The van der Waals surface area contributed by atoms with Gasteiger partial charge in [0, 0.05) is 17.9 Å². The van der Waals surface area contributed by atoms with Crippen LogP contribution in [0.1, 0.15) is 51.9 Å². The molecule has 1 aliphatic rings. The predicted octanol–water partition coefficient (Wildman–Crippen LogP) is 6.09. The Labute approximate surface area is 162 Å². The summed E-state index contributed by atoms with van der Waals surface area (Å²) in [5.41, 5.74) is 0.374. The number of Topliss-reactive ketones (excluding diaryl/α,β-unsaturated/α-hetero) is 1. The van der Waals surface area contributed by atoms with E-state index in [1.165, 1.54) is 12.2 Å². The lowest BCUT2D eigenvalue weighted by Gasteiger charge is -2.10. The fourth-order valence-electron chi connectivity index (χ4n) is 2.79. The summed E-state index contributed by atoms with van der Waals surface area (Å²) in [6, 6.07) is 0. The first kappa shape index (κ1) is 23.9. The van der Waals surface area contributed by atoms with Crippen molar-refractivity contribution < 1.29 is 32.3 Å². The zero-order valence-electron chi connectivity index (χ0n) is 15.8. The summed E-state index contributed by atoms with van der Waals surface area (Å²) in [5, 5.41) is 8.57. The van der Waals surface area contributed by atoms with Gasteiger partial charge in [-0.2, -0.15) is 13.2 Å². The molecule has 1 rings (SSSR count). The molecule has 0 aromatic rings. The molecule has 0 unspecified atom stereocenters. The number of rotatable bonds is 11. The summed E-state index contributed by atoms with van der Waals surface area (Å²) in [6.07, 6.45) is 6.53. The molecule has 0 aromatic heterocycles. The van der Waals surface area contributed by atoms with Crippen LogP contribution in [-0.2, 0) is 9.59 Å². The third kappa shape index (κ3) is 9.67. The summed E-state index contributed by atoms with van der Waals surface area (Å²) in [7, 11) is 0. The minimum atomic E-state index is -4.21. The fraction of sp³-hybridized carbons (Fsp3) is 0.524. The first-order valence-electron chi connectivity index (χ1n) is 9.30. The van der Waals surface area contributed by atoms with E-state index < -0.39 is 30.2 Å². The van der Waals surface area contributed by atoms with Gasteiger partial charge in [-0.25, -0.2) is 4.39 Å². The first-order valence-corrected chi connectivity index (χ1v) is 9.30. The highest BCUT2D eigenvalue weighted by Gasteiger charge is 2.29. The molecule has 0 bridgehead atoms. The van der Waals surface area contributed by atoms with Crippen molar-refractivity contribution in [2.24, 2.45) is 11.8 Å². The van der Waals surface area contributed by atoms with E-state index in [-0.39, 0.29) is 18.3 Å². The van der Waals surface area contributed by atoms with Gasteiger partial charge >= 0.3 is 12.1 Å². The standard InChI is InChI=1S/C21H26F4O3/c1-15(8-6-7-13-21(23,24)25)11-12-17-16(14-18(22)20(17)28)9-4-2-3-5-10-19(26)27/h2,4,6-7,12,14-16H,3,5,8-11,13H2,1H3,(H,26,27)/b4-2-,7-6-,17-12+/t15-,16-/m0/s1. The zero-order valence-corrected chi connectivity index (χ0v) is 15.8. The Morgan fingerprint density at radius 1 is 1.21 bits per heavy atom. The number of carboxylic acid groups (broad SMARTS) is 1. The van der Waals surface area contributed by atoms with Crippen molar-refractivity contribution in [2.75, 3.05) is 0 Å². The van der Waals surface area contributed by atoms with E-state index in [9.17, 15) is 27.2 Å². The maximum absolute atomic E-state index is 13.7. The molecule has 0 saturated carbocycles. The topological polar surface area (TPSA) is 54.4 Å². The van der Waals surface area contributed by atoms with Crippen LogP contribution in [0.25, 0.3) is 0 Å². The Kier molecular flexibility index (Phi) is 9.90. The Bertz CT molecular complexity index is 657. The van der Waals surface area contributed by atoms with Crippen LogP contribution in [0.5, 0.6) is 0 Å². The number of aliphatic carboxylic acids is 1. The molecule has 3 nitrogen and oxygen atoms in total. The highest BCUT2D eigenvalue weighted by Crippen LogP contribution is 2.31. The van der Waals surface area contributed by atoms with Gasteiger partial charge in [0.2, 0.25) is 5.78 Å². The molecule has 1 N–H and O–H groups in total. The van der Waals surface area contributed by atoms with Gasteiger partial charge in [-0.05, 0) is 44.1 Å². The van der Waals surface area contributed by atoms with Crippen molar-refractivity contribution in [3.8, 4) is 0 Å². The molecular weight excluding hydrogens is 376 g/mol. The van der Waals surface area contributed by atoms with E-state index in [0.717, 1.165) is 6.08 Å². The molecule has 0 spiro atoms. The molecule has 0 aliphatic heterocycles. The highest BCUT2D eigenvalue weighted by molar-refractivity contribution is 6.09. The van der Waals surface area contributed by atoms with Gasteiger partial charge in [-0.3, -0.25) is 9.59 Å². The van der Waals surface area contributed by atoms with Crippen molar-refractivity contribution in [3.05, 3.63) is 47.9 Å². The molecular formula is C21H26F4O3. The largest absolute Gasteiger partial charge is 0.481 e. The summed E-state index contributed by atoms with van der Waals surface area (Å²) in [6.45, 7) is 1.86. The first-order chi connectivity index (χ1) is 13.1. The Balaban J connectivity index is 2.52. The Hall–Kier alpha value is -2.18. The van der Waals surface area contributed by atoms with Crippen LogP contribution in [0.15, 0.2) is 47.9 Å². The van der Waals surface area contributed by atoms with Crippen LogP contribution in [0.3, 0.4) is 0 Å². The van der Waals surface area contributed by atoms with Gasteiger partial charge in [-0.15, -0.1) is 0 Å². The summed E-state index contributed by atoms with van der Waals surface area (Å²) in [5.74, 6) is -2.61. The second-order valence-electron chi connectivity index (χ2n) is 6.97. The lowest BCUT2D eigenvalue weighted by atomic mass is 9.94. The summed E-state index contributed by atoms with van der Waals surface area (Å²) < 4.78 is 50.0. The summed E-state index contributed by atoms with van der Waals surface area (Å²) in [4.78, 5) is 22.4. The number of alkyl halides is 3. The Morgan fingerprint density at radius 3 is 2.57 bits per heavy atom. The third-order valence-corrected chi connectivity index (χ3v) is 4.34. The molecule has 2 atom stereocenters. The molecule has 0 aromatic carbocycles. The van der Waals surface area contributed by atoms with Crippen molar-refractivity contribution in [3.63, 3.8) is 0 Å². The molecule has 1 aliphatic carbocycles. The lowest BCUT2D eigenvalue weighted by Crippen LogP contribution is -2.05. The molecule has 7 heteroatoms. The number of carboxylic acids is 1. The van der Waals surface area contributed by atoms with E-state index in [4.69, 9.17) is 5.11 Å². The number of unbranched alkanes of at least 4 members (excludes halogenated alkanes) is 1. The van der Waals surface area contributed by atoms with Gasteiger partial charge < -0.3 is 5.11 Å². The fourth-order valence-corrected chi connectivity index (χ4v) is 2.79. The smallest absolute Gasteiger partial charge is 0.392 e. The van der Waals surface area contributed by atoms with Gasteiger partial charge in [0.25, 0.3) is 0 Å². The third-order valence-electron chi connectivity index (χ3n) is 4.34. The second kappa shape index (κ2) is 11.6. The molecule has 28 heavy (non-hydrogen) atoms. The van der Waals surface area contributed by atoms with Crippen LogP contribution in [0.2, 0.25) is 0 Å². The molecule has 0 amide bonds. The number of carbonyl (C=O) groups is 2. The summed E-state index contributed by atoms with van der Waals surface area (Å²) >= 11 is 0. The molecule has 156 valence electrons. The van der Waals surface area contributed by atoms with Crippen molar-refractivity contribution in [1.82, 2.24) is 0 Å². The number of carbonyl (C=O) groups excluding carboxylic acids is 1. The van der Waals surface area contributed by atoms with Crippen molar-refractivity contribution >= 4 is 11.8 Å². The number of halogens is 4. The zero-order chi connectivity index (χ0) is 21.2. The van der Waals surface area contributed by atoms with Crippen LogP contribution in [0, 0.1) is 11.8 Å². The maximum atomic E-state index is 13.7. The predicted molar refractivity (Wildman–Crippen MR) is 99.2 cm³/mol. The average Bonchev–Trinajstić information content (AvgIpc) is 2.86.